The highest BCUT2D eigenvalue weighted by Crippen LogP contribution is 2.34. The first-order chi connectivity index (χ1) is 15.6. The lowest BCUT2D eigenvalue weighted by atomic mass is 9.77. The Morgan fingerprint density at radius 2 is 1.88 bits per heavy atom. The van der Waals surface area contributed by atoms with Crippen molar-refractivity contribution in [3.63, 3.8) is 0 Å². The average Bonchev–Trinajstić information content (AvgIpc) is 2.68. The number of carbonyl (C=O) groups is 1. The number of nitrogens with zero attached hydrogens (tertiary/aromatic N) is 2. The van der Waals surface area contributed by atoms with Crippen molar-refractivity contribution in [1.29, 1.82) is 5.26 Å². The SMILES string of the molecule is C[C@H](NC(=O)OC(C)(C)C)[C@H](Nc1nc(Nc2ccc(F)cc2)c(C#N)cc1F)C1CCC1. The van der Waals surface area contributed by atoms with Crippen molar-refractivity contribution in [2.24, 2.45) is 5.92 Å². The van der Waals surface area contributed by atoms with Gasteiger partial charge in [0, 0.05) is 11.7 Å². The maximum atomic E-state index is 14.8. The molecule has 1 fully saturated rings. The second-order valence-corrected chi connectivity index (χ2v) is 9.25. The van der Waals surface area contributed by atoms with Crippen LogP contribution in [0.5, 0.6) is 0 Å². The Labute approximate surface area is 192 Å². The predicted octanol–water partition coefficient (Wildman–Crippen LogP) is 5.47. The van der Waals surface area contributed by atoms with Crippen molar-refractivity contribution >= 4 is 23.4 Å². The maximum Gasteiger partial charge on any atom is 0.407 e. The zero-order chi connectivity index (χ0) is 24.2. The van der Waals surface area contributed by atoms with E-state index in [1.807, 2.05) is 13.0 Å². The number of amides is 1. The molecule has 176 valence electrons. The zero-order valence-corrected chi connectivity index (χ0v) is 19.2. The summed E-state index contributed by atoms with van der Waals surface area (Å²) in [6.45, 7) is 7.18. The summed E-state index contributed by atoms with van der Waals surface area (Å²) >= 11 is 0. The molecule has 0 aliphatic heterocycles. The fourth-order valence-corrected chi connectivity index (χ4v) is 3.63. The molecule has 0 bridgehead atoms. The monoisotopic (exact) mass is 457 g/mol. The number of alkyl carbamates (subject to hydrolysis) is 1. The van der Waals surface area contributed by atoms with Crippen LogP contribution >= 0.6 is 0 Å². The van der Waals surface area contributed by atoms with Crippen molar-refractivity contribution in [2.75, 3.05) is 10.6 Å². The number of hydrogen-bond donors (Lipinski definition) is 3. The third-order valence-corrected chi connectivity index (χ3v) is 5.45. The van der Waals surface area contributed by atoms with E-state index in [-0.39, 0.29) is 35.2 Å². The second-order valence-electron chi connectivity index (χ2n) is 9.25. The number of aromatic nitrogens is 1. The Morgan fingerprint density at radius 3 is 2.42 bits per heavy atom. The minimum absolute atomic E-state index is 0.0162. The molecule has 3 rings (SSSR count). The molecule has 0 radical (unpaired) electrons. The van der Waals surface area contributed by atoms with Gasteiger partial charge in [0.05, 0.1) is 11.6 Å². The topological polar surface area (TPSA) is 99.1 Å². The van der Waals surface area contributed by atoms with Gasteiger partial charge in [0.15, 0.2) is 17.5 Å². The molecule has 1 aliphatic rings. The van der Waals surface area contributed by atoms with Crippen LogP contribution in [0, 0.1) is 28.9 Å². The van der Waals surface area contributed by atoms with Crippen LogP contribution < -0.4 is 16.0 Å². The quantitative estimate of drug-likeness (QED) is 0.510. The van der Waals surface area contributed by atoms with Crippen LogP contribution in [-0.2, 0) is 4.74 Å². The third kappa shape index (κ3) is 6.54. The van der Waals surface area contributed by atoms with Crippen molar-refractivity contribution in [2.45, 2.75) is 64.6 Å². The van der Waals surface area contributed by atoms with E-state index in [2.05, 4.69) is 20.9 Å². The minimum Gasteiger partial charge on any atom is -0.444 e. The number of rotatable bonds is 7. The molecule has 1 aliphatic carbocycles. The van der Waals surface area contributed by atoms with E-state index in [1.54, 1.807) is 20.8 Å². The van der Waals surface area contributed by atoms with Crippen LogP contribution in [-0.4, -0.2) is 28.8 Å². The Balaban J connectivity index is 1.82. The molecule has 1 heterocycles. The first-order valence-corrected chi connectivity index (χ1v) is 10.9. The largest absolute Gasteiger partial charge is 0.444 e. The number of halogens is 2. The van der Waals surface area contributed by atoms with Crippen LogP contribution in [0.4, 0.5) is 30.9 Å². The van der Waals surface area contributed by atoms with Crippen LogP contribution in [0.1, 0.15) is 52.5 Å². The summed E-state index contributed by atoms with van der Waals surface area (Å²) in [7, 11) is 0. The summed E-state index contributed by atoms with van der Waals surface area (Å²) in [5.41, 5.74) is -0.110. The smallest absolute Gasteiger partial charge is 0.407 e. The number of benzene rings is 1. The molecule has 1 aromatic carbocycles. The predicted molar refractivity (Wildman–Crippen MR) is 122 cm³/mol. The number of carbonyl (C=O) groups excluding carboxylic acids is 1. The molecule has 0 saturated heterocycles. The van der Waals surface area contributed by atoms with Crippen LogP contribution in [0.2, 0.25) is 0 Å². The Kier molecular flexibility index (Phi) is 7.36. The molecule has 0 spiro atoms. The van der Waals surface area contributed by atoms with E-state index < -0.39 is 23.3 Å². The molecule has 9 heteroatoms. The summed E-state index contributed by atoms with van der Waals surface area (Å²) in [6.07, 6.45) is 2.39. The molecule has 1 saturated carbocycles. The zero-order valence-electron chi connectivity index (χ0n) is 19.2. The van der Waals surface area contributed by atoms with Gasteiger partial charge in [-0.05, 0) is 76.8 Å². The first-order valence-electron chi connectivity index (χ1n) is 10.9. The number of ether oxygens (including phenoxy) is 1. The average molecular weight is 458 g/mol. The van der Waals surface area contributed by atoms with Gasteiger partial charge in [-0.1, -0.05) is 6.42 Å². The van der Waals surface area contributed by atoms with Crippen LogP contribution in [0.25, 0.3) is 0 Å². The van der Waals surface area contributed by atoms with E-state index in [4.69, 9.17) is 4.74 Å². The number of nitrogens with one attached hydrogen (secondary N) is 3. The van der Waals surface area contributed by atoms with E-state index >= 15 is 0 Å². The molecule has 2 atom stereocenters. The van der Waals surface area contributed by atoms with Crippen LogP contribution in [0.3, 0.4) is 0 Å². The van der Waals surface area contributed by atoms with Crippen molar-refractivity contribution in [1.82, 2.24) is 10.3 Å². The van der Waals surface area contributed by atoms with Gasteiger partial charge in [0.25, 0.3) is 0 Å². The second kappa shape index (κ2) is 10.0. The molecule has 7 nitrogen and oxygen atoms in total. The Bertz CT molecular complexity index is 1030. The van der Waals surface area contributed by atoms with Crippen molar-refractivity contribution in [3.8, 4) is 6.07 Å². The highest BCUT2D eigenvalue weighted by atomic mass is 19.1. The highest BCUT2D eigenvalue weighted by Gasteiger charge is 2.34. The van der Waals surface area contributed by atoms with Crippen molar-refractivity contribution < 1.29 is 18.3 Å². The molecular weight excluding hydrogens is 428 g/mol. The van der Waals surface area contributed by atoms with Crippen molar-refractivity contribution in [3.05, 3.63) is 47.5 Å². The van der Waals surface area contributed by atoms with E-state index in [0.29, 0.717) is 5.69 Å². The number of anilines is 3. The molecule has 1 aromatic heterocycles. The van der Waals surface area contributed by atoms with Gasteiger partial charge in [-0.25, -0.2) is 18.6 Å². The van der Waals surface area contributed by atoms with Gasteiger partial charge in [0.1, 0.15) is 17.5 Å². The highest BCUT2D eigenvalue weighted by molar-refractivity contribution is 5.68. The van der Waals surface area contributed by atoms with Gasteiger partial charge in [0.2, 0.25) is 0 Å². The molecule has 2 aromatic rings. The minimum atomic E-state index is -0.676. The third-order valence-electron chi connectivity index (χ3n) is 5.45. The molecule has 0 unspecified atom stereocenters. The lowest BCUT2D eigenvalue weighted by Crippen LogP contribution is -2.51. The Morgan fingerprint density at radius 1 is 1.21 bits per heavy atom. The summed E-state index contributed by atoms with van der Waals surface area (Å²) < 4.78 is 33.4. The fourth-order valence-electron chi connectivity index (χ4n) is 3.63. The van der Waals surface area contributed by atoms with E-state index in [0.717, 1.165) is 25.3 Å². The number of pyridine rings is 1. The van der Waals surface area contributed by atoms with Gasteiger partial charge < -0.3 is 20.7 Å². The summed E-state index contributed by atoms with van der Waals surface area (Å²) in [5, 5.41) is 18.3. The summed E-state index contributed by atoms with van der Waals surface area (Å²) in [4.78, 5) is 16.6. The summed E-state index contributed by atoms with van der Waals surface area (Å²) in [5.74, 6) is -0.739. The van der Waals surface area contributed by atoms with Gasteiger partial charge in [-0.2, -0.15) is 5.26 Å². The van der Waals surface area contributed by atoms with E-state index in [9.17, 15) is 18.8 Å². The number of hydrogen-bond acceptors (Lipinski definition) is 6. The molecule has 1 amide bonds. The standard InChI is InChI=1S/C24H29F2N5O2/c1-14(28-23(32)33-24(2,3)4)20(15-6-5-7-15)30-22-19(26)12-16(13-27)21(31-22)29-18-10-8-17(25)9-11-18/h8-12,14-15,20H,5-7H2,1-4H3,(H,28,32)(H2,29,30,31)/t14-,20-/m0/s1. The first kappa shape index (κ1) is 24.2. The van der Waals surface area contributed by atoms with Gasteiger partial charge in [-0.3, -0.25) is 0 Å². The lowest BCUT2D eigenvalue weighted by Gasteiger charge is -2.38. The van der Waals surface area contributed by atoms with Gasteiger partial charge >= 0.3 is 6.09 Å². The molecule has 3 N–H and O–H groups in total. The van der Waals surface area contributed by atoms with E-state index in [1.165, 1.54) is 24.3 Å². The van der Waals surface area contributed by atoms with Gasteiger partial charge in [-0.15, -0.1) is 0 Å². The maximum absolute atomic E-state index is 14.8. The normalized spacial score (nSPS) is 15.5. The fraction of sp³-hybridized carbons (Fsp3) is 0.458. The van der Waals surface area contributed by atoms with Crippen LogP contribution in [0.15, 0.2) is 30.3 Å². The molecular formula is C24H29F2N5O2. The Hall–Kier alpha value is -3.41. The molecule has 33 heavy (non-hydrogen) atoms. The lowest BCUT2D eigenvalue weighted by molar-refractivity contribution is 0.0492. The summed E-state index contributed by atoms with van der Waals surface area (Å²) in [6, 6.07) is 7.91. The number of nitriles is 1.